The van der Waals surface area contributed by atoms with Crippen molar-refractivity contribution in [2.75, 3.05) is 18.5 Å². The number of benzene rings is 2. The molecule has 3 rings (SSSR count). The SMILES string of the molecule is C=CCc1ccccc1OCC(=O)Nc1sc(-c2ccccc2)cc1C(=O)OCC. The number of amides is 1. The Morgan fingerprint density at radius 1 is 1.10 bits per heavy atom. The lowest BCUT2D eigenvalue weighted by Crippen LogP contribution is -2.21. The zero-order valence-corrected chi connectivity index (χ0v) is 17.5. The summed E-state index contributed by atoms with van der Waals surface area (Å²) < 4.78 is 10.8. The summed E-state index contributed by atoms with van der Waals surface area (Å²) in [4.78, 5) is 25.8. The number of anilines is 1. The minimum atomic E-state index is -0.469. The summed E-state index contributed by atoms with van der Waals surface area (Å²) >= 11 is 1.33. The second-order valence-corrected chi connectivity index (χ2v) is 7.43. The van der Waals surface area contributed by atoms with E-state index < -0.39 is 5.97 Å². The molecule has 0 spiro atoms. The minimum Gasteiger partial charge on any atom is -0.483 e. The Kier molecular flexibility index (Phi) is 7.40. The van der Waals surface area contributed by atoms with Crippen molar-refractivity contribution >= 4 is 28.2 Å². The van der Waals surface area contributed by atoms with E-state index in [1.807, 2.05) is 54.6 Å². The fourth-order valence-corrected chi connectivity index (χ4v) is 3.93. The second kappa shape index (κ2) is 10.4. The van der Waals surface area contributed by atoms with Crippen LogP contribution < -0.4 is 10.1 Å². The topological polar surface area (TPSA) is 64.6 Å². The third-order valence-electron chi connectivity index (χ3n) is 4.23. The van der Waals surface area contributed by atoms with Gasteiger partial charge in [0.05, 0.1) is 12.2 Å². The monoisotopic (exact) mass is 421 g/mol. The van der Waals surface area contributed by atoms with Crippen molar-refractivity contribution in [3.63, 3.8) is 0 Å². The molecule has 6 heteroatoms. The quantitative estimate of drug-likeness (QED) is 0.374. The molecule has 0 fully saturated rings. The number of nitrogens with one attached hydrogen (secondary N) is 1. The molecule has 3 aromatic rings. The molecule has 1 heterocycles. The highest BCUT2D eigenvalue weighted by atomic mass is 32.1. The van der Waals surface area contributed by atoms with Gasteiger partial charge in [-0.05, 0) is 36.6 Å². The Labute approximate surface area is 180 Å². The summed E-state index contributed by atoms with van der Waals surface area (Å²) in [5, 5.41) is 3.24. The highest BCUT2D eigenvalue weighted by molar-refractivity contribution is 7.20. The first kappa shape index (κ1) is 21.3. The van der Waals surface area contributed by atoms with Gasteiger partial charge in [-0.15, -0.1) is 17.9 Å². The molecule has 1 aromatic heterocycles. The van der Waals surface area contributed by atoms with Gasteiger partial charge >= 0.3 is 5.97 Å². The van der Waals surface area contributed by atoms with E-state index in [0.29, 0.717) is 22.7 Å². The lowest BCUT2D eigenvalue weighted by Gasteiger charge is -2.10. The molecule has 0 aliphatic carbocycles. The molecule has 1 N–H and O–H groups in total. The summed E-state index contributed by atoms with van der Waals surface area (Å²) in [6.45, 7) is 5.57. The molecule has 0 unspecified atom stereocenters. The number of carbonyl (C=O) groups excluding carboxylic acids is 2. The van der Waals surface area contributed by atoms with Crippen molar-refractivity contribution in [2.45, 2.75) is 13.3 Å². The number of hydrogen-bond donors (Lipinski definition) is 1. The van der Waals surface area contributed by atoms with Gasteiger partial charge < -0.3 is 14.8 Å². The maximum atomic E-state index is 12.5. The zero-order chi connectivity index (χ0) is 21.3. The first-order valence-corrected chi connectivity index (χ1v) is 10.4. The van der Waals surface area contributed by atoms with Gasteiger partial charge in [-0.3, -0.25) is 4.79 Å². The van der Waals surface area contributed by atoms with Gasteiger partial charge in [-0.1, -0.05) is 54.6 Å². The fourth-order valence-electron chi connectivity index (χ4n) is 2.86. The normalized spacial score (nSPS) is 10.3. The molecule has 2 aromatic carbocycles. The molecular weight excluding hydrogens is 398 g/mol. The standard InChI is InChI=1S/C24H23NO4S/c1-3-10-17-11-8-9-14-20(17)29-16-22(26)25-23-19(24(27)28-4-2)15-21(30-23)18-12-6-5-7-13-18/h3,5-9,11-15H,1,4,10,16H2,2H3,(H,25,26). The van der Waals surface area contributed by atoms with Gasteiger partial charge in [0.25, 0.3) is 5.91 Å². The molecule has 0 saturated heterocycles. The molecule has 0 atom stereocenters. The molecule has 1 amide bonds. The van der Waals surface area contributed by atoms with Crippen molar-refractivity contribution in [3.8, 4) is 16.2 Å². The Morgan fingerprint density at radius 3 is 2.57 bits per heavy atom. The summed E-state index contributed by atoms with van der Waals surface area (Å²) in [7, 11) is 0. The van der Waals surface area contributed by atoms with Crippen molar-refractivity contribution in [1.82, 2.24) is 0 Å². The van der Waals surface area contributed by atoms with E-state index in [2.05, 4.69) is 11.9 Å². The highest BCUT2D eigenvalue weighted by Gasteiger charge is 2.20. The first-order chi connectivity index (χ1) is 14.6. The van der Waals surface area contributed by atoms with Crippen LogP contribution in [0, 0.1) is 0 Å². The van der Waals surface area contributed by atoms with Crippen molar-refractivity contribution in [1.29, 1.82) is 0 Å². The molecule has 0 aliphatic heterocycles. The summed E-state index contributed by atoms with van der Waals surface area (Å²) in [5.74, 6) is -0.187. The molecule has 0 bridgehead atoms. The van der Waals surface area contributed by atoms with Gasteiger partial charge in [0, 0.05) is 4.88 Å². The molecule has 0 radical (unpaired) electrons. The predicted molar refractivity (Wildman–Crippen MR) is 120 cm³/mol. The largest absolute Gasteiger partial charge is 0.483 e. The number of para-hydroxylation sites is 1. The molecule has 5 nitrogen and oxygen atoms in total. The van der Waals surface area contributed by atoms with E-state index >= 15 is 0 Å². The van der Waals surface area contributed by atoms with Crippen LogP contribution in [-0.4, -0.2) is 25.1 Å². The molecule has 0 aliphatic rings. The van der Waals surface area contributed by atoms with Gasteiger partial charge in [-0.25, -0.2) is 4.79 Å². The Hall–Kier alpha value is -3.38. The predicted octanol–water partition coefficient (Wildman–Crippen LogP) is 5.34. The van der Waals surface area contributed by atoms with Crippen LogP contribution in [0.5, 0.6) is 5.75 Å². The Bertz CT molecular complexity index is 1030. The van der Waals surface area contributed by atoms with Gasteiger partial charge in [0.2, 0.25) is 0 Å². The van der Waals surface area contributed by atoms with Crippen molar-refractivity contribution < 1.29 is 19.1 Å². The smallest absolute Gasteiger partial charge is 0.341 e. The van der Waals surface area contributed by atoms with Crippen LogP contribution in [0.25, 0.3) is 10.4 Å². The van der Waals surface area contributed by atoms with Crippen LogP contribution in [0.4, 0.5) is 5.00 Å². The molecule has 30 heavy (non-hydrogen) atoms. The lowest BCUT2D eigenvalue weighted by atomic mass is 10.1. The first-order valence-electron chi connectivity index (χ1n) is 9.60. The average molecular weight is 422 g/mol. The third-order valence-corrected chi connectivity index (χ3v) is 5.33. The van der Waals surface area contributed by atoms with Crippen LogP contribution in [0.15, 0.2) is 73.3 Å². The lowest BCUT2D eigenvalue weighted by molar-refractivity contribution is -0.118. The van der Waals surface area contributed by atoms with Crippen LogP contribution in [-0.2, 0) is 16.0 Å². The number of esters is 1. The van der Waals surface area contributed by atoms with Gasteiger partial charge in [0.15, 0.2) is 6.61 Å². The van der Waals surface area contributed by atoms with E-state index in [0.717, 1.165) is 16.0 Å². The number of rotatable bonds is 9. The summed E-state index contributed by atoms with van der Waals surface area (Å²) in [6.07, 6.45) is 2.43. The maximum absolute atomic E-state index is 12.5. The number of allylic oxidation sites excluding steroid dienone is 1. The van der Waals surface area contributed by atoms with Crippen LogP contribution in [0.2, 0.25) is 0 Å². The van der Waals surface area contributed by atoms with E-state index in [-0.39, 0.29) is 19.1 Å². The summed E-state index contributed by atoms with van der Waals surface area (Å²) in [5.41, 5.74) is 2.25. The number of ether oxygens (including phenoxy) is 2. The van der Waals surface area contributed by atoms with Crippen LogP contribution >= 0.6 is 11.3 Å². The zero-order valence-electron chi connectivity index (χ0n) is 16.7. The van der Waals surface area contributed by atoms with E-state index in [4.69, 9.17) is 9.47 Å². The minimum absolute atomic E-state index is 0.172. The Balaban J connectivity index is 1.76. The van der Waals surface area contributed by atoms with Crippen molar-refractivity contribution in [2.24, 2.45) is 0 Å². The number of hydrogen-bond acceptors (Lipinski definition) is 5. The Morgan fingerprint density at radius 2 is 1.83 bits per heavy atom. The van der Waals surface area contributed by atoms with Crippen LogP contribution in [0.3, 0.4) is 0 Å². The number of thiophene rings is 1. The molecule has 0 saturated carbocycles. The summed E-state index contributed by atoms with van der Waals surface area (Å²) in [6, 6.07) is 18.9. The van der Waals surface area contributed by atoms with E-state index in [9.17, 15) is 9.59 Å². The van der Waals surface area contributed by atoms with Crippen molar-refractivity contribution in [3.05, 3.63) is 84.4 Å². The number of carbonyl (C=O) groups is 2. The molecular formula is C24H23NO4S. The maximum Gasteiger partial charge on any atom is 0.341 e. The van der Waals surface area contributed by atoms with Gasteiger partial charge in [-0.2, -0.15) is 0 Å². The van der Waals surface area contributed by atoms with Gasteiger partial charge in [0.1, 0.15) is 10.8 Å². The molecule has 154 valence electrons. The van der Waals surface area contributed by atoms with E-state index in [1.54, 1.807) is 19.1 Å². The fraction of sp³-hybridized carbons (Fsp3) is 0.167. The second-order valence-electron chi connectivity index (χ2n) is 6.38. The highest BCUT2D eigenvalue weighted by Crippen LogP contribution is 2.36. The third kappa shape index (κ3) is 5.36. The van der Waals surface area contributed by atoms with Crippen LogP contribution in [0.1, 0.15) is 22.8 Å². The average Bonchev–Trinajstić information content (AvgIpc) is 3.18. The van der Waals surface area contributed by atoms with E-state index in [1.165, 1.54) is 11.3 Å².